The third-order valence-corrected chi connectivity index (χ3v) is 3.18. The van der Waals surface area contributed by atoms with E-state index >= 15 is 0 Å². The molecule has 0 atom stereocenters. The Kier molecular flexibility index (Phi) is 14.3. The molecule has 0 bridgehead atoms. The molecule has 0 heterocycles. The Morgan fingerprint density at radius 1 is 1.12 bits per heavy atom. The highest BCUT2D eigenvalue weighted by atomic mass is 127. The molecule has 8 heteroatoms. The number of amides is 1. The van der Waals surface area contributed by atoms with Crippen LogP contribution < -0.4 is 16.0 Å². The van der Waals surface area contributed by atoms with Gasteiger partial charge in [-0.1, -0.05) is 0 Å². The van der Waals surface area contributed by atoms with Crippen molar-refractivity contribution in [3.8, 4) is 0 Å². The van der Waals surface area contributed by atoms with E-state index in [0.29, 0.717) is 12.6 Å². The Morgan fingerprint density at radius 2 is 1.67 bits per heavy atom. The number of halogens is 1. The third-order valence-electron chi connectivity index (χ3n) is 3.18. The molecule has 0 aliphatic carbocycles. The van der Waals surface area contributed by atoms with Crippen LogP contribution in [0.25, 0.3) is 0 Å². The van der Waals surface area contributed by atoms with Crippen LogP contribution in [-0.2, 0) is 4.74 Å². The Hall–Kier alpha value is -0.770. The SMILES string of the molecule is CN=C(NCCCNC(=O)OC(C)(C)C)NCCN(C)C(C)C.I. The highest BCUT2D eigenvalue weighted by Gasteiger charge is 2.15. The van der Waals surface area contributed by atoms with E-state index in [-0.39, 0.29) is 30.1 Å². The number of aliphatic imine (C=N–C) groups is 1. The maximum Gasteiger partial charge on any atom is 0.407 e. The largest absolute Gasteiger partial charge is 0.444 e. The predicted molar refractivity (Wildman–Crippen MR) is 111 cm³/mol. The number of ether oxygens (including phenoxy) is 1. The normalized spacial score (nSPS) is 12.0. The van der Waals surface area contributed by atoms with Crippen LogP contribution in [-0.4, -0.2) is 68.9 Å². The minimum absolute atomic E-state index is 0. The molecular weight excluding hydrogens is 421 g/mol. The van der Waals surface area contributed by atoms with E-state index in [1.54, 1.807) is 7.05 Å². The van der Waals surface area contributed by atoms with E-state index in [9.17, 15) is 4.79 Å². The van der Waals surface area contributed by atoms with Crippen molar-refractivity contribution in [1.82, 2.24) is 20.9 Å². The van der Waals surface area contributed by atoms with Gasteiger partial charge < -0.3 is 25.6 Å². The van der Waals surface area contributed by atoms with Gasteiger partial charge in [0.15, 0.2) is 5.96 Å². The summed E-state index contributed by atoms with van der Waals surface area (Å²) in [6.07, 6.45) is 0.419. The lowest BCUT2D eigenvalue weighted by Crippen LogP contribution is -2.42. The van der Waals surface area contributed by atoms with Crippen molar-refractivity contribution in [2.75, 3.05) is 40.3 Å². The van der Waals surface area contributed by atoms with Crippen molar-refractivity contribution in [1.29, 1.82) is 0 Å². The number of carbonyl (C=O) groups excluding carboxylic acids is 1. The molecule has 0 saturated carbocycles. The fraction of sp³-hybridized carbons (Fsp3) is 0.875. The molecule has 24 heavy (non-hydrogen) atoms. The number of hydrogen-bond acceptors (Lipinski definition) is 4. The highest BCUT2D eigenvalue weighted by molar-refractivity contribution is 14.0. The fourth-order valence-corrected chi connectivity index (χ4v) is 1.63. The highest BCUT2D eigenvalue weighted by Crippen LogP contribution is 2.06. The Labute approximate surface area is 164 Å². The third kappa shape index (κ3) is 14.8. The summed E-state index contributed by atoms with van der Waals surface area (Å²) in [5, 5.41) is 9.23. The van der Waals surface area contributed by atoms with Gasteiger partial charge in [0.2, 0.25) is 0 Å². The number of nitrogens with one attached hydrogen (secondary N) is 3. The van der Waals surface area contributed by atoms with Crippen LogP contribution in [0.3, 0.4) is 0 Å². The van der Waals surface area contributed by atoms with Gasteiger partial charge in [0, 0.05) is 39.3 Å². The minimum atomic E-state index is -0.461. The molecule has 7 nitrogen and oxygen atoms in total. The van der Waals surface area contributed by atoms with Crippen molar-refractivity contribution in [3.63, 3.8) is 0 Å². The van der Waals surface area contributed by atoms with Gasteiger partial charge in [0.1, 0.15) is 5.60 Å². The smallest absolute Gasteiger partial charge is 0.407 e. The summed E-state index contributed by atoms with van der Waals surface area (Å²) >= 11 is 0. The fourth-order valence-electron chi connectivity index (χ4n) is 1.63. The summed E-state index contributed by atoms with van der Waals surface area (Å²) < 4.78 is 5.17. The summed E-state index contributed by atoms with van der Waals surface area (Å²) in [5.74, 6) is 0.777. The molecule has 144 valence electrons. The zero-order valence-electron chi connectivity index (χ0n) is 16.2. The van der Waals surface area contributed by atoms with Crippen molar-refractivity contribution < 1.29 is 9.53 Å². The topological polar surface area (TPSA) is 78.0 Å². The van der Waals surface area contributed by atoms with Crippen LogP contribution in [0.4, 0.5) is 4.79 Å². The number of nitrogens with zero attached hydrogens (tertiary/aromatic N) is 2. The maximum absolute atomic E-state index is 11.5. The van der Waals surface area contributed by atoms with Crippen molar-refractivity contribution >= 4 is 36.0 Å². The molecule has 0 fully saturated rings. The summed E-state index contributed by atoms with van der Waals surface area (Å²) in [4.78, 5) is 17.9. The molecule has 0 aromatic rings. The molecule has 0 radical (unpaired) electrons. The lowest BCUT2D eigenvalue weighted by Gasteiger charge is -2.21. The molecule has 3 N–H and O–H groups in total. The molecule has 0 aliphatic heterocycles. The van der Waals surface area contributed by atoms with Crippen LogP contribution in [0, 0.1) is 0 Å². The molecule has 0 saturated heterocycles. The second kappa shape index (κ2) is 13.5. The number of carbonyl (C=O) groups is 1. The van der Waals surface area contributed by atoms with Crippen LogP contribution in [0.5, 0.6) is 0 Å². The van der Waals surface area contributed by atoms with E-state index in [1.807, 2.05) is 20.8 Å². The Balaban J connectivity index is 0. The molecule has 1 amide bonds. The van der Waals surface area contributed by atoms with Crippen LogP contribution in [0.2, 0.25) is 0 Å². The molecule has 0 aromatic carbocycles. The molecule has 0 unspecified atom stereocenters. The van der Waals surface area contributed by atoms with Crippen molar-refractivity contribution in [3.05, 3.63) is 0 Å². The van der Waals surface area contributed by atoms with Crippen LogP contribution >= 0.6 is 24.0 Å². The van der Waals surface area contributed by atoms with Gasteiger partial charge in [-0.3, -0.25) is 4.99 Å². The quantitative estimate of drug-likeness (QED) is 0.225. The van der Waals surface area contributed by atoms with Crippen LogP contribution in [0.15, 0.2) is 4.99 Å². The van der Waals surface area contributed by atoms with Gasteiger partial charge in [0.05, 0.1) is 0 Å². The zero-order chi connectivity index (χ0) is 17.9. The standard InChI is InChI=1S/C16H35N5O2.HI/c1-13(2)21(7)12-11-19-14(17-6)18-9-8-10-20-15(22)23-16(3,4)5;/h13H,8-12H2,1-7H3,(H,20,22)(H2,17,18,19);1H. The van der Waals surface area contributed by atoms with Crippen molar-refractivity contribution in [2.45, 2.75) is 52.7 Å². The average molecular weight is 457 g/mol. The maximum atomic E-state index is 11.5. The molecule has 0 aromatic heterocycles. The summed E-state index contributed by atoms with van der Waals surface area (Å²) in [6.45, 7) is 13.0. The number of likely N-dealkylation sites (N-methyl/N-ethyl adjacent to an activating group) is 1. The van der Waals surface area contributed by atoms with Crippen molar-refractivity contribution in [2.24, 2.45) is 4.99 Å². The van der Waals surface area contributed by atoms with Gasteiger partial charge in [-0.2, -0.15) is 0 Å². The monoisotopic (exact) mass is 457 g/mol. The number of guanidine groups is 1. The van der Waals surface area contributed by atoms with Gasteiger partial charge in [-0.05, 0) is 48.1 Å². The Bertz CT molecular complexity index is 370. The molecule has 0 rings (SSSR count). The molecular formula is C16H36IN5O2. The number of rotatable bonds is 8. The van der Waals surface area contributed by atoms with Gasteiger partial charge >= 0.3 is 6.09 Å². The average Bonchev–Trinajstić information content (AvgIpc) is 2.42. The van der Waals surface area contributed by atoms with Gasteiger partial charge in [-0.25, -0.2) is 4.79 Å². The van der Waals surface area contributed by atoms with E-state index in [2.05, 4.69) is 46.7 Å². The second-order valence-electron chi connectivity index (χ2n) is 6.78. The molecule has 0 aliphatic rings. The Morgan fingerprint density at radius 3 is 2.17 bits per heavy atom. The van der Waals surface area contributed by atoms with E-state index in [1.165, 1.54) is 0 Å². The zero-order valence-corrected chi connectivity index (χ0v) is 18.6. The minimum Gasteiger partial charge on any atom is -0.444 e. The first-order chi connectivity index (χ1) is 10.7. The first-order valence-corrected chi connectivity index (χ1v) is 8.27. The molecule has 0 spiro atoms. The summed E-state index contributed by atoms with van der Waals surface area (Å²) in [5.41, 5.74) is -0.461. The summed E-state index contributed by atoms with van der Waals surface area (Å²) in [6, 6.07) is 0.533. The number of alkyl carbamates (subject to hydrolysis) is 1. The predicted octanol–water partition coefficient (Wildman–Crippen LogP) is 2.02. The van der Waals surface area contributed by atoms with Gasteiger partial charge in [-0.15, -0.1) is 24.0 Å². The van der Waals surface area contributed by atoms with Gasteiger partial charge in [0.25, 0.3) is 0 Å². The first-order valence-electron chi connectivity index (χ1n) is 8.27. The number of hydrogen-bond donors (Lipinski definition) is 3. The van der Waals surface area contributed by atoms with E-state index < -0.39 is 5.60 Å². The lowest BCUT2D eigenvalue weighted by molar-refractivity contribution is 0.0527. The lowest BCUT2D eigenvalue weighted by atomic mass is 10.2. The van der Waals surface area contributed by atoms with E-state index in [4.69, 9.17) is 4.74 Å². The second-order valence-corrected chi connectivity index (χ2v) is 6.78. The first kappa shape index (κ1) is 25.5. The summed E-state index contributed by atoms with van der Waals surface area (Å²) in [7, 11) is 3.85. The van der Waals surface area contributed by atoms with Crippen LogP contribution in [0.1, 0.15) is 41.0 Å². The van der Waals surface area contributed by atoms with E-state index in [0.717, 1.165) is 32.0 Å².